The maximum Gasteiger partial charge on any atom is 0.265 e. The minimum absolute atomic E-state index is 0.145. The molecule has 0 saturated heterocycles. The summed E-state index contributed by atoms with van der Waals surface area (Å²) in [6, 6.07) is 21.9. The second-order valence-corrected chi connectivity index (χ2v) is 7.05. The van der Waals surface area contributed by atoms with E-state index in [1.165, 1.54) is 11.3 Å². The maximum atomic E-state index is 12.6. The van der Waals surface area contributed by atoms with Gasteiger partial charge in [0, 0.05) is 35.0 Å². The van der Waals surface area contributed by atoms with Gasteiger partial charge in [0.05, 0.1) is 4.88 Å². The van der Waals surface area contributed by atoms with Crippen LogP contribution < -0.4 is 10.6 Å². The van der Waals surface area contributed by atoms with Crippen LogP contribution in [0.15, 0.2) is 90.6 Å². The van der Waals surface area contributed by atoms with Gasteiger partial charge in [0.15, 0.2) is 0 Å². The molecule has 2 aromatic heterocycles. The monoisotopic (exact) mass is 387 g/mol. The third kappa shape index (κ3) is 4.02. The first-order valence-corrected chi connectivity index (χ1v) is 9.57. The van der Waals surface area contributed by atoms with Gasteiger partial charge in [0.2, 0.25) is 0 Å². The molecule has 0 aliphatic carbocycles. The van der Waals surface area contributed by atoms with E-state index < -0.39 is 0 Å². The number of nitrogens with zero attached hydrogens (tertiary/aromatic N) is 1. The summed E-state index contributed by atoms with van der Waals surface area (Å²) in [6.07, 6.45) is 3.86. The molecule has 0 fully saturated rings. The first kappa shape index (κ1) is 17.8. The van der Waals surface area contributed by atoms with Crippen molar-refractivity contribution in [2.24, 2.45) is 0 Å². The summed E-state index contributed by atoms with van der Waals surface area (Å²) in [4.78, 5) is 25.3. The predicted molar refractivity (Wildman–Crippen MR) is 112 cm³/mol. The van der Waals surface area contributed by atoms with Crippen molar-refractivity contribution in [3.05, 3.63) is 101 Å². The molecule has 0 saturated carbocycles. The van der Waals surface area contributed by atoms with Crippen LogP contribution in [-0.4, -0.2) is 16.4 Å². The van der Waals surface area contributed by atoms with Crippen molar-refractivity contribution in [2.45, 2.75) is 0 Å². The van der Waals surface area contributed by atoms with E-state index in [2.05, 4.69) is 10.6 Å². The van der Waals surface area contributed by atoms with Gasteiger partial charge in [-0.1, -0.05) is 12.1 Å². The normalized spacial score (nSPS) is 10.4. The second kappa shape index (κ2) is 7.94. The minimum Gasteiger partial charge on any atom is -0.324 e. The summed E-state index contributed by atoms with van der Waals surface area (Å²) in [5.74, 6) is -0.335. The van der Waals surface area contributed by atoms with E-state index in [-0.39, 0.29) is 11.8 Å². The number of benzene rings is 2. The van der Waals surface area contributed by atoms with Gasteiger partial charge in [-0.25, -0.2) is 0 Å². The lowest BCUT2D eigenvalue weighted by atomic mass is 10.1. The number of carbonyl (C=O) groups excluding carboxylic acids is 2. The Hall–Kier alpha value is -3.64. The fourth-order valence-corrected chi connectivity index (χ4v) is 3.37. The molecule has 0 bridgehead atoms. The van der Waals surface area contributed by atoms with Gasteiger partial charge >= 0.3 is 0 Å². The van der Waals surface area contributed by atoms with Crippen molar-refractivity contribution < 1.29 is 9.59 Å². The molecule has 0 spiro atoms. The molecule has 0 atom stereocenters. The topological polar surface area (TPSA) is 63.1 Å². The standard InChI is InChI=1S/C22H17N3O2S/c26-21(16-5-3-6-19(15-16)25-12-1-2-13-25)23-17-8-10-18(11-9-17)24-22(27)20-7-4-14-28-20/h1-15H,(H,23,26)(H,24,27). The lowest BCUT2D eigenvalue weighted by Crippen LogP contribution is -2.13. The lowest BCUT2D eigenvalue weighted by Gasteiger charge is -2.09. The van der Waals surface area contributed by atoms with Crippen molar-refractivity contribution in [1.29, 1.82) is 0 Å². The van der Waals surface area contributed by atoms with Gasteiger partial charge in [-0.15, -0.1) is 11.3 Å². The Labute approximate surface area is 166 Å². The maximum absolute atomic E-state index is 12.6. The van der Waals surface area contributed by atoms with Crippen LogP contribution in [0.5, 0.6) is 0 Å². The van der Waals surface area contributed by atoms with Crippen LogP contribution in [0.3, 0.4) is 0 Å². The molecule has 0 aliphatic rings. The molecule has 2 N–H and O–H groups in total. The molecule has 2 amide bonds. The Balaban J connectivity index is 1.42. The molecule has 6 heteroatoms. The number of amides is 2. The molecule has 2 heterocycles. The molecule has 4 rings (SSSR count). The molecule has 0 unspecified atom stereocenters. The highest BCUT2D eigenvalue weighted by molar-refractivity contribution is 7.12. The number of rotatable bonds is 5. The Bertz CT molecular complexity index is 1090. The highest BCUT2D eigenvalue weighted by atomic mass is 32.1. The highest BCUT2D eigenvalue weighted by Gasteiger charge is 2.09. The number of thiophene rings is 1. The number of anilines is 2. The number of carbonyl (C=O) groups is 2. The van der Waals surface area contributed by atoms with E-state index in [0.29, 0.717) is 21.8 Å². The zero-order valence-electron chi connectivity index (χ0n) is 14.8. The van der Waals surface area contributed by atoms with Gasteiger partial charge in [0.1, 0.15) is 0 Å². The second-order valence-electron chi connectivity index (χ2n) is 6.10. The average Bonchev–Trinajstić information content (AvgIpc) is 3.44. The van der Waals surface area contributed by atoms with Gasteiger partial charge in [-0.3, -0.25) is 9.59 Å². The van der Waals surface area contributed by atoms with Crippen LogP contribution in [0.25, 0.3) is 5.69 Å². The zero-order valence-corrected chi connectivity index (χ0v) is 15.6. The van der Waals surface area contributed by atoms with E-state index in [4.69, 9.17) is 0 Å². The van der Waals surface area contributed by atoms with Crippen LogP contribution in [-0.2, 0) is 0 Å². The molecule has 5 nitrogen and oxygen atoms in total. The summed E-state index contributed by atoms with van der Waals surface area (Å²) in [6.45, 7) is 0. The van der Waals surface area contributed by atoms with Crippen molar-refractivity contribution in [2.75, 3.05) is 10.6 Å². The molecular formula is C22H17N3O2S. The number of hydrogen-bond acceptors (Lipinski definition) is 3. The lowest BCUT2D eigenvalue weighted by molar-refractivity contribution is 0.102. The van der Waals surface area contributed by atoms with E-state index in [9.17, 15) is 9.59 Å². The number of aromatic nitrogens is 1. The van der Waals surface area contributed by atoms with Crippen molar-refractivity contribution in [3.8, 4) is 5.69 Å². The molecule has 4 aromatic rings. The van der Waals surface area contributed by atoms with Crippen LogP contribution in [0.2, 0.25) is 0 Å². The third-order valence-electron chi connectivity index (χ3n) is 4.16. The molecule has 0 aliphatic heterocycles. The van der Waals surface area contributed by atoms with Gasteiger partial charge in [-0.2, -0.15) is 0 Å². The smallest absolute Gasteiger partial charge is 0.265 e. The minimum atomic E-state index is -0.190. The third-order valence-corrected chi connectivity index (χ3v) is 5.03. The number of hydrogen-bond donors (Lipinski definition) is 2. The molecular weight excluding hydrogens is 370 g/mol. The Morgan fingerprint density at radius 1 is 0.750 bits per heavy atom. The SMILES string of the molecule is O=C(Nc1ccc(NC(=O)c2cccs2)cc1)c1cccc(-n2cccc2)c1. The van der Waals surface area contributed by atoms with E-state index in [1.54, 1.807) is 36.4 Å². The van der Waals surface area contributed by atoms with E-state index in [1.807, 2.05) is 58.7 Å². The first-order valence-electron chi connectivity index (χ1n) is 8.69. The predicted octanol–water partition coefficient (Wildman–Crippen LogP) is 5.04. The van der Waals surface area contributed by atoms with Crippen LogP contribution >= 0.6 is 11.3 Å². The molecule has 2 aromatic carbocycles. The quantitative estimate of drug-likeness (QED) is 0.504. The summed E-state index contributed by atoms with van der Waals surface area (Å²) < 4.78 is 1.95. The van der Waals surface area contributed by atoms with Crippen LogP contribution in [0.4, 0.5) is 11.4 Å². The summed E-state index contributed by atoms with van der Waals surface area (Å²) in [5, 5.41) is 7.58. The summed E-state index contributed by atoms with van der Waals surface area (Å²) in [7, 11) is 0. The fraction of sp³-hybridized carbons (Fsp3) is 0. The largest absolute Gasteiger partial charge is 0.324 e. The van der Waals surface area contributed by atoms with E-state index in [0.717, 1.165) is 5.69 Å². The van der Waals surface area contributed by atoms with Crippen LogP contribution in [0.1, 0.15) is 20.0 Å². The molecule has 0 radical (unpaired) electrons. The Morgan fingerprint density at radius 2 is 1.43 bits per heavy atom. The Morgan fingerprint density at radius 3 is 2.07 bits per heavy atom. The fourth-order valence-electron chi connectivity index (χ4n) is 2.76. The van der Waals surface area contributed by atoms with Crippen molar-refractivity contribution in [3.63, 3.8) is 0 Å². The van der Waals surface area contributed by atoms with Gasteiger partial charge < -0.3 is 15.2 Å². The zero-order chi connectivity index (χ0) is 19.3. The average molecular weight is 387 g/mol. The van der Waals surface area contributed by atoms with Crippen molar-refractivity contribution >= 4 is 34.5 Å². The number of nitrogens with one attached hydrogen (secondary N) is 2. The van der Waals surface area contributed by atoms with Crippen molar-refractivity contribution in [1.82, 2.24) is 4.57 Å². The van der Waals surface area contributed by atoms with Gasteiger partial charge in [-0.05, 0) is 66.0 Å². The summed E-state index contributed by atoms with van der Waals surface area (Å²) in [5.41, 5.74) is 2.82. The molecule has 28 heavy (non-hydrogen) atoms. The molecule has 138 valence electrons. The first-order chi connectivity index (χ1) is 13.7. The summed E-state index contributed by atoms with van der Waals surface area (Å²) >= 11 is 1.39. The van der Waals surface area contributed by atoms with Crippen LogP contribution in [0, 0.1) is 0 Å². The Kier molecular flexibility index (Phi) is 5.03. The van der Waals surface area contributed by atoms with Gasteiger partial charge in [0.25, 0.3) is 11.8 Å². The van der Waals surface area contributed by atoms with E-state index >= 15 is 0 Å². The highest BCUT2D eigenvalue weighted by Crippen LogP contribution is 2.18.